The first-order valence-corrected chi connectivity index (χ1v) is 4.10. The number of hydrogen-bond donors (Lipinski definition) is 1. The van der Waals surface area contributed by atoms with E-state index in [2.05, 4.69) is 14.3 Å². The van der Waals surface area contributed by atoms with Crippen LogP contribution < -0.4 is 5.73 Å². The van der Waals surface area contributed by atoms with Crippen LogP contribution in [0, 0.1) is 0 Å². The third kappa shape index (κ3) is 1.16. The van der Waals surface area contributed by atoms with E-state index in [-0.39, 0.29) is 0 Å². The van der Waals surface area contributed by atoms with Gasteiger partial charge in [0.2, 0.25) is 5.95 Å². The van der Waals surface area contributed by atoms with Gasteiger partial charge in [0, 0.05) is 13.2 Å². The lowest BCUT2D eigenvalue weighted by molar-refractivity contribution is 0.913. The predicted octanol–water partition coefficient (Wildman–Crippen LogP) is 0.521. The first-order chi connectivity index (χ1) is 5.75. The van der Waals surface area contributed by atoms with Crippen molar-refractivity contribution in [2.45, 2.75) is 0 Å². The van der Waals surface area contributed by atoms with Gasteiger partial charge in [-0.3, -0.25) is 0 Å². The summed E-state index contributed by atoms with van der Waals surface area (Å²) >= 11 is 1.25. The van der Waals surface area contributed by atoms with E-state index in [0.29, 0.717) is 5.95 Å². The van der Waals surface area contributed by atoms with Crippen molar-refractivity contribution in [2.24, 2.45) is 7.05 Å². The van der Waals surface area contributed by atoms with Crippen LogP contribution in [0.5, 0.6) is 0 Å². The van der Waals surface area contributed by atoms with Gasteiger partial charge in [-0.2, -0.15) is 9.36 Å². The molecule has 0 aromatic carbocycles. The van der Waals surface area contributed by atoms with Gasteiger partial charge in [0.1, 0.15) is 5.69 Å². The summed E-state index contributed by atoms with van der Waals surface area (Å²) < 4.78 is 5.72. The Labute approximate surface area is 73.1 Å². The van der Waals surface area contributed by atoms with Gasteiger partial charge in [-0.25, -0.2) is 4.98 Å². The molecule has 5 nitrogen and oxygen atoms in total. The number of imidazole rings is 1. The lowest BCUT2D eigenvalue weighted by atomic mass is 10.5. The minimum absolute atomic E-state index is 0.306. The van der Waals surface area contributed by atoms with Crippen LogP contribution in [0.15, 0.2) is 12.5 Å². The van der Waals surface area contributed by atoms with Crippen molar-refractivity contribution in [3.05, 3.63) is 12.5 Å². The van der Waals surface area contributed by atoms with Crippen molar-refractivity contribution in [2.75, 3.05) is 5.73 Å². The van der Waals surface area contributed by atoms with Gasteiger partial charge in [-0.1, -0.05) is 0 Å². The second-order valence-corrected chi connectivity index (χ2v) is 3.13. The molecule has 0 aliphatic carbocycles. The average molecular weight is 181 g/mol. The number of anilines is 1. The highest BCUT2D eigenvalue weighted by Gasteiger charge is 2.05. The largest absolute Gasteiger partial charge is 0.367 e. The van der Waals surface area contributed by atoms with Gasteiger partial charge >= 0.3 is 0 Å². The van der Waals surface area contributed by atoms with Crippen molar-refractivity contribution in [3.8, 4) is 10.7 Å². The monoisotopic (exact) mass is 181 g/mol. The summed E-state index contributed by atoms with van der Waals surface area (Å²) in [7, 11) is 1.90. The molecule has 0 bridgehead atoms. The van der Waals surface area contributed by atoms with Crippen molar-refractivity contribution in [1.82, 2.24) is 18.9 Å². The van der Waals surface area contributed by atoms with E-state index in [9.17, 15) is 0 Å². The molecule has 2 heterocycles. The van der Waals surface area contributed by atoms with Crippen LogP contribution >= 0.6 is 11.5 Å². The SMILES string of the molecule is Cn1cnc(-c2nc(N)ns2)c1. The molecule has 0 aliphatic heterocycles. The third-order valence-electron chi connectivity index (χ3n) is 1.37. The zero-order valence-corrected chi connectivity index (χ0v) is 7.25. The Balaban J connectivity index is 2.43. The predicted molar refractivity (Wildman–Crippen MR) is 46.5 cm³/mol. The number of hydrogen-bond acceptors (Lipinski definition) is 5. The number of nitrogen functional groups attached to an aromatic ring is 1. The Morgan fingerprint density at radius 3 is 2.92 bits per heavy atom. The molecule has 0 atom stereocenters. The van der Waals surface area contributed by atoms with Gasteiger partial charge in [0.15, 0.2) is 5.01 Å². The van der Waals surface area contributed by atoms with E-state index in [4.69, 9.17) is 5.73 Å². The number of rotatable bonds is 1. The average Bonchev–Trinajstić information content (AvgIpc) is 2.58. The Bertz CT molecular complexity index is 352. The van der Waals surface area contributed by atoms with Crippen LogP contribution in [0.25, 0.3) is 10.7 Å². The van der Waals surface area contributed by atoms with Crippen molar-refractivity contribution in [3.63, 3.8) is 0 Å². The normalized spacial score (nSPS) is 10.4. The summed E-state index contributed by atoms with van der Waals surface area (Å²) in [5, 5.41) is 0.758. The highest BCUT2D eigenvalue weighted by molar-refractivity contribution is 7.09. The number of aromatic nitrogens is 4. The minimum Gasteiger partial charge on any atom is -0.367 e. The van der Waals surface area contributed by atoms with Crippen LogP contribution in [0.3, 0.4) is 0 Å². The van der Waals surface area contributed by atoms with Crippen molar-refractivity contribution in [1.29, 1.82) is 0 Å². The fourth-order valence-corrected chi connectivity index (χ4v) is 1.42. The Morgan fingerprint density at radius 2 is 2.42 bits per heavy atom. The van der Waals surface area contributed by atoms with E-state index in [1.165, 1.54) is 11.5 Å². The second-order valence-electron chi connectivity index (χ2n) is 2.38. The molecule has 2 rings (SSSR count). The standard InChI is InChI=1S/C6H7N5S/c1-11-2-4(8-3-11)5-9-6(7)10-12-5/h2-3H,1H3,(H2,7,10). The van der Waals surface area contributed by atoms with Crippen LogP contribution in [-0.2, 0) is 7.05 Å². The van der Waals surface area contributed by atoms with Gasteiger partial charge in [0.05, 0.1) is 6.33 Å². The molecule has 0 aliphatic rings. The fraction of sp³-hybridized carbons (Fsp3) is 0.167. The van der Waals surface area contributed by atoms with Crippen molar-refractivity contribution >= 4 is 17.5 Å². The number of nitrogens with two attached hydrogens (primary N) is 1. The molecule has 0 saturated carbocycles. The Hall–Kier alpha value is -1.43. The summed E-state index contributed by atoms with van der Waals surface area (Å²) in [6.45, 7) is 0. The van der Waals surface area contributed by atoms with Gasteiger partial charge in [-0.05, 0) is 11.5 Å². The zero-order valence-electron chi connectivity index (χ0n) is 6.43. The highest BCUT2D eigenvalue weighted by atomic mass is 32.1. The van der Waals surface area contributed by atoms with Crippen LogP contribution in [0.1, 0.15) is 0 Å². The van der Waals surface area contributed by atoms with E-state index in [1.54, 1.807) is 6.33 Å². The van der Waals surface area contributed by atoms with Gasteiger partial charge in [0.25, 0.3) is 0 Å². The van der Waals surface area contributed by atoms with E-state index >= 15 is 0 Å². The van der Waals surface area contributed by atoms with Gasteiger partial charge < -0.3 is 10.3 Å². The van der Waals surface area contributed by atoms with Crippen LogP contribution in [-0.4, -0.2) is 18.9 Å². The number of nitrogens with zero attached hydrogens (tertiary/aromatic N) is 4. The molecule has 2 aromatic rings. The first-order valence-electron chi connectivity index (χ1n) is 3.33. The van der Waals surface area contributed by atoms with Crippen molar-refractivity contribution < 1.29 is 0 Å². The maximum absolute atomic E-state index is 5.38. The molecule has 0 amide bonds. The molecular weight excluding hydrogens is 174 g/mol. The molecule has 0 saturated heterocycles. The summed E-state index contributed by atoms with van der Waals surface area (Å²) in [4.78, 5) is 8.12. The topological polar surface area (TPSA) is 69.6 Å². The maximum Gasteiger partial charge on any atom is 0.232 e. The molecule has 6 heteroatoms. The van der Waals surface area contributed by atoms with E-state index in [0.717, 1.165) is 10.7 Å². The molecule has 0 fully saturated rings. The quantitative estimate of drug-likeness (QED) is 0.696. The highest BCUT2D eigenvalue weighted by Crippen LogP contribution is 2.19. The smallest absolute Gasteiger partial charge is 0.232 e. The lowest BCUT2D eigenvalue weighted by Crippen LogP contribution is -1.85. The fourth-order valence-electron chi connectivity index (χ4n) is 0.862. The van der Waals surface area contributed by atoms with Gasteiger partial charge in [-0.15, -0.1) is 0 Å². The summed E-state index contributed by atoms with van der Waals surface area (Å²) in [5.74, 6) is 0.306. The maximum atomic E-state index is 5.38. The molecule has 12 heavy (non-hydrogen) atoms. The molecule has 62 valence electrons. The molecular formula is C6H7N5S. The van der Waals surface area contributed by atoms with Crippen LogP contribution in [0.4, 0.5) is 5.95 Å². The molecule has 0 radical (unpaired) electrons. The molecule has 0 spiro atoms. The van der Waals surface area contributed by atoms with Crippen LogP contribution in [0.2, 0.25) is 0 Å². The van der Waals surface area contributed by atoms with E-state index in [1.807, 2.05) is 17.8 Å². The number of aryl methyl sites for hydroxylation is 1. The summed E-state index contributed by atoms with van der Waals surface area (Å²) in [5.41, 5.74) is 6.19. The zero-order chi connectivity index (χ0) is 8.55. The first kappa shape index (κ1) is 7.23. The molecule has 0 unspecified atom stereocenters. The summed E-state index contributed by atoms with van der Waals surface area (Å²) in [6, 6.07) is 0. The summed E-state index contributed by atoms with van der Waals surface area (Å²) in [6.07, 6.45) is 3.59. The minimum atomic E-state index is 0.306. The van der Waals surface area contributed by atoms with E-state index < -0.39 is 0 Å². The lowest BCUT2D eigenvalue weighted by Gasteiger charge is -1.83. The molecule has 2 N–H and O–H groups in total. The second kappa shape index (κ2) is 2.56. The Kier molecular flexibility index (Phi) is 1.54. The Morgan fingerprint density at radius 1 is 1.58 bits per heavy atom. The molecule has 2 aromatic heterocycles. The third-order valence-corrected chi connectivity index (χ3v) is 2.12.